The van der Waals surface area contributed by atoms with E-state index in [-0.39, 0.29) is 0 Å². The summed E-state index contributed by atoms with van der Waals surface area (Å²) in [5.41, 5.74) is 2.11. The van der Waals surface area contributed by atoms with Gasteiger partial charge in [-0.05, 0) is 42.5 Å². The average molecular weight is 298 g/mol. The van der Waals surface area contributed by atoms with Crippen molar-refractivity contribution in [1.29, 1.82) is 0 Å². The molecule has 2 aromatic heterocycles. The van der Waals surface area contributed by atoms with Crippen LogP contribution in [0.1, 0.15) is 39.8 Å². The van der Waals surface area contributed by atoms with Crippen LogP contribution in [0.25, 0.3) is 11.0 Å². The minimum absolute atomic E-state index is 0.297. The van der Waals surface area contributed by atoms with Crippen LogP contribution in [0.3, 0.4) is 0 Å². The second-order valence-electron chi connectivity index (χ2n) is 5.42. The zero-order chi connectivity index (χ0) is 14.4. The lowest BCUT2D eigenvalue weighted by Gasteiger charge is -2.07. The molecule has 5 heteroatoms. The van der Waals surface area contributed by atoms with Crippen molar-refractivity contribution in [3.63, 3.8) is 0 Å². The molecule has 0 spiro atoms. The van der Waals surface area contributed by atoms with Gasteiger partial charge in [0.1, 0.15) is 5.82 Å². The number of aromatic carboxylic acids is 1. The lowest BCUT2D eigenvalue weighted by Crippen LogP contribution is -2.03. The second-order valence-corrected chi connectivity index (χ2v) is 6.45. The number of thiophene rings is 1. The maximum atomic E-state index is 11.1. The fourth-order valence-corrected chi connectivity index (χ4v) is 3.35. The lowest BCUT2D eigenvalue weighted by molar-refractivity contribution is 0.0697. The van der Waals surface area contributed by atoms with Crippen molar-refractivity contribution >= 4 is 28.3 Å². The van der Waals surface area contributed by atoms with Crippen molar-refractivity contribution in [2.75, 3.05) is 0 Å². The van der Waals surface area contributed by atoms with E-state index in [2.05, 4.69) is 22.1 Å². The van der Waals surface area contributed by atoms with Crippen LogP contribution in [-0.2, 0) is 6.54 Å². The molecule has 1 N–H and O–H groups in total. The Kier molecular flexibility index (Phi) is 2.82. The van der Waals surface area contributed by atoms with Crippen molar-refractivity contribution in [3.05, 3.63) is 52.0 Å². The number of benzene rings is 1. The molecule has 2 heterocycles. The summed E-state index contributed by atoms with van der Waals surface area (Å²) in [6, 6.07) is 9.39. The Labute approximate surface area is 125 Å². The first-order valence-corrected chi connectivity index (χ1v) is 7.86. The van der Waals surface area contributed by atoms with E-state index in [1.165, 1.54) is 17.7 Å². The van der Waals surface area contributed by atoms with Gasteiger partial charge in [0.2, 0.25) is 0 Å². The van der Waals surface area contributed by atoms with Crippen LogP contribution in [0, 0.1) is 0 Å². The fraction of sp³-hybridized carbons (Fsp3) is 0.250. The van der Waals surface area contributed by atoms with Crippen LogP contribution >= 0.6 is 11.3 Å². The van der Waals surface area contributed by atoms with Crippen LogP contribution in [0.4, 0.5) is 0 Å². The summed E-state index contributed by atoms with van der Waals surface area (Å²) >= 11 is 1.74. The first-order chi connectivity index (χ1) is 10.2. The normalized spacial score (nSPS) is 14.7. The van der Waals surface area contributed by atoms with Crippen LogP contribution in [0.2, 0.25) is 0 Å². The number of fused-ring (bicyclic) bond motifs is 1. The van der Waals surface area contributed by atoms with E-state index in [4.69, 9.17) is 10.1 Å². The van der Waals surface area contributed by atoms with E-state index < -0.39 is 5.97 Å². The fourth-order valence-electron chi connectivity index (χ4n) is 2.66. The van der Waals surface area contributed by atoms with E-state index >= 15 is 0 Å². The summed E-state index contributed by atoms with van der Waals surface area (Å²) in [6.07, 6.45) is 2.36. The lowest BCUT2D eigenvalue weighted by atomic mass is 10.2. The average Bonchev–Trinajstić information content (AvgIpc) is 3.07. The first-order valence-electron chi connectivity index (χ1n) is 6.98. The van der Waals surface area contributed by atoms with Gasteiger partial charge in [-0.15, -0.1) is 11.3 Å². The smallest absolute Gasteiger partial charge is 0.335 e. The summed E-state index contributed by atoms with van der Waals surface area (Å²) in [6.45, 7) is 0.812. The van der Waals surface area contributed by atoms with E-state index in [1.54, 1.807) is 23.5 Å². The molecule has 1 fully saturated rings. The topological polar surface area (TPSA) is 55.1 Å². The summed E-state index contributed by atoms with van der Waals surface area (Å²) in [5.74, 6) is 0.726. The molecule has 1 saturated carbocycles. The second kappa shape index (κ2) is 4.70. The quantitative estimate of drug-likeness (QED) is 0.798. The van der Waals surface area contributed by atoms with Gasteiger partial charge < -0.3 is 9.67 Å². The van der Waals surface area contributed by atoms with Crippen LogP contribution in [-0.4, -0.2) is 20.6 Å². The van der Waals surface area contributed by atoms with E-state index in [0.29, 0.717) is 11.5 Å². The molecule has 4 nitrogen and oxygen atoms in total. The number of carboxylic acids is 1. The standard InChI is InChI=1S/C16H14N2O2S/c19-16(20)11-5-6-14-13(8-11)17-15(10-3-4-10)18(14)9-12-2-1-7-21-12/h1-2,5-8,10H,3-4,9H2,(H,19,20). The van der Waals surface area contributed by atoms with Gasteiger partial charge in [-0.1, -0.05) is 6.07 Å². The number of hydrogen-bond acceptors (Lipinski definition) is 3. The molecule has 4 rings (SSSR count). The van der Waals surface area contributed by atoms with Gasteiger partial charge in [-0.2, -0.15) is 0 Å². The van der Waals surface area contributed by atoms with E-state index in [1.807, 2.05) is 6.07 Å². The van der Waals surface area contributed by atoms with Crippen LogP contribution in [0.15, 0.2) is 35.7 Å². The number of carboxylic acid groups (broad SMARTS) is 1. The monoisotopic (exact) mass is 298 g/mol. The van der Waals surface area contributed by atoms with Gasteiger partial charge in [0.05, 0.1) is 23.1 Å². The highest BCUT2D eigenvalue weighted by atomic mass is 32.1. The summed E-state index contributed by atoms with van der Waals surface area (Å²) in [4.78, 5) is 17.1. The van der Waals surface area contributed by atoms with Crippen molar-refractivity contribution < 1.29 is 9.90 Å². The van der Waals surface area contributed by atoms with Crippen molar-refractivity contribution in [3.8, 4) is 0 Å². The number of imidazole rings is 1. The summed E-state index contributed by atoms with van der Waals surface area (Å²) in [7, 11) is 0. The highest BCUT2D eigenvalue weighted by Crippen LogP contribution is 2.41. The van der Waals surface area contributed by atoms with Crippen molar-refractivity contribution in [2.45, 2.75) is 25.3 Å². The van der Waals surface area contributed by atoms with Gasteiger partial charge in [0, 0.05) is 10.8 Å². The number of carbonyl (C=O) groups is 1. The number of aromatic nitrogens is 2. The minimum atomic E-state index is -0.905. The Hall–Kier alpha value is -2.14. The summed E-state index contributed by atoms with van der Waals surface area (Å²) in [5, 5.41) is 11.2. The molecule has 0 radical (unpaired) electrons. The van der Waals surface area contributed by atoms with E-state index in [0.717, 1.165) is 23.4 Å². The molecule has 0 unspecified atom stereocenters. The first kappa shape index (κ1) is 12.6. The van der Waals surface area contributed by atoms with Gasteiger partial charge >= 0.3 is 5.97 Å². The Morgan fingerprint density at radius 3 is 2.90 bits per heavy atom. The molecular weight excluding hydrogens is 284 g/mol. The third kappa shape index (κ3) is 2.23. The Morgan fingerprint density at radius 2 is 2.24 bits per heavy atom. The van der Waals surface area contributed by atoms with Gasteiger partial charge in [0.15, 0.2) is 0 Å². The van der Waals surface area contributed by atoms with Gasteiger partial charge in [-0.25, -0.2) is 9.78 Å². The minimum Gasteiger partial charge on any atom is -0.478 e. The Morgan fingerprint density at radius 1 is 1.38 bits per heavy atom. The van der Waals surface area contributed by atoms with Gasteiger partial charge in [-0.3, -0.25) is 0 Å². The number of rotatable bonds is 4. The summed E-state index contributed by atoms with van der Waals surface area (Å²) < 4.78 is 2.24. The number of nitrogens with zero attached hydrogens (tertiary/aromatic N) is 2. The molecule has 21 heavy (non-hydrogen) atoms. The molecule has 3 aromatic rings. The molecule has 1 aliphatic rings. The molecule has 0 bridgehead atoms. The zero-order valence-corrected chi connectivity index (χ0v) is 12.1. The largest absolute Gasteiger partial charge is 0.478 e. The van der Waals surface area contributed by atoms with Crippen molar-refractivity contribution in [1.82, 2.24) is 9.55 Å². The van der Waals surface area contributed by atoms with Crippen LogP contribution in [0.5, 0.6) is 0 Å². The molecule has 0 atom stereocenters. The Bertz CT molecular complexity index is 816. The van der Waals surface area contributed by atoms with E-state index in [9.17, 15) is 4.79 Å². The Balaban J connectivity index is 1.85. The predicted molar refractivity (Wildman–Crippen MR) is 82.1 cm³/mol. The highest BCUT2D eigenvalue weighted by molar-refractivity contribution is 7.09. The molecule has 0 saturated heterocycles. The van der Waals surface area contributed by atoms with Crippen molar-refractivity contribution in [2.24, 2.45) is 0 Å². The molecule has 0 amide bonds. The third-order valence-corrected chi connectivity index (χ3v) is 4.72. The predicted octanol–water partition coefficient (Wildman–Crippen LogP) is 3.72. The SMILES string of the molecule is O=C(O)c1ccc2c(c1)nc(C1CC1)n2Cc1cccs1. The maximum Gasteiger partial charge on any atom is 0.335 e. The van der Waals surface area contributed by atoms with Crippen LogP contribution < -0.4 is 0 Å². The zero-order valence-electron chi connectivity index (χ0n) is 11.3. The van der Waals surface area contributed by atoms with Gasteiger partial charge in [0.25, 0.3) is 0 Å². The molecule has 1 aromatic carbocycles. The third-order valence-electron chi connectivity index (χ3n) is 3.86. The molecule has 106 valence electrons. The maximum absolute atomic E-state index is 11.1. The highest BCUT2D eigenvalue weighted by Gasteiger charge is 2.29. The molecule has 1 aliphatic carbocycles. The molecular formula is C16H14N2O2S. The number of hydrogen-bond donors (Lipinski definition) is 1. The molecule has 0 aliphatic heterocycles.